The van der Waals surface area contributed by atoms with E-state index in [1.807, 2.05) is 80.6 Å². The summed E-state index contributed by atoms with van der Waals surface area (Å²) in [6.45, 7) is 4.00. The topological polar surface area (TPSA) is 225 Å². The number of esters is 4. The predicted octanol–water partition coefficient (Wildman–Crippen LogP) is 8.90. The molecule has 6 unspecified atom stereocenters. The number of benzene rings is 6. The van der Waals surface area contributed by atoms with Crippen molar-refractivity contribution in [2.75, 3.05) is 21.3 Å². The maximum atomic E-state index is 12.3. The summed E-state index contributed by atoms with van der Waals surface area (Å²) in [4.78, 5) is 67.5. The molecule has 0 radical (unpaired) electrons. The van der Waals surface area contributed by atoms with Crippen LogP contribution in [0.5, 0.6) is 0 Å². The third-order valence-corrected chi connectivity index (χ3v) is 9.90. The largest absolute Gasteiger partial charge is 0.467 e. The number of hydrogen-bond acceptors (Lipinski definition) is 13. The normalized spacial score (nSPS) is 14.8. The third kappa shape index (κ3) is 15.5. The van der Waals surface area contributed by atoms with Crippen molar-refractivity contribution in [2.45, 2.75) is 50.3 Å². The van der Waals surface area contributed by atoms with Gasteiger partial charge in [0.1, 0.15) is 12.1 Å². The molecule has 0 fully saturated rings. The van der Waals surface area contributed by atoms with Crippen LogP contribution < -0.4 is 5.32 Å². The molecule has 6 aromatic carbocycles. The van der Waals surface area contributed by atoms with Crippen molar-refractivity contribution >= 4 is 35.7 Å². The first-order chi connectivity index (χ1) is 33.6. The lowest BCUT2D eigenvalue weighted by Crippen LogP contribution is -2.40. The van der Waals surface area contributed by atoms with Crippen LogP contribution in [0.2, 0.25) is 0 Å². The van der Waals surface area contributed by atoms with Gasteiger partial charge < -0.3 is 34.1 Å². The summed E-state index contributed by atoms with van der Waals surface area (Å²) in [5, 5.41) is 16.4. The second-order valence-corrected chi connectivity index (χ2v) is 14.2. The second-order valence-electron chi connectivity index (χ2n) is 14.2. The molecule has 1 heterocycles. The zero-order valence-corrected chi connectivity index (χ0v) is 38.6. The van der Waals surface area contributed by atoms with Gasteiger partial charge in [-0.25, -0.2) is 24.2 Å². The van der Waals surface area contributed by atoms with Gasteiger partial charge in [0.25, 0.3) is 5.91 Å². The number of methoxy groups -OCH3 is 3. The molecule has 0 aromatic heterocycles. The zero-order valence-electron chi connectivity index (χ0n) is 38.6. The van der Waals surface area contributed by atoms with Crippen molar-refractivity contribution in [1.29, 1.82) is 0 Å². The van der Waals surface area contributed by atoms with Crippen LogP contribution in [0, 0.1) is 0 Å². The zero-order chi connectivity index (χ0) is 50.0. The number of nitrogens with zero attached hydrogens (tertiary/aromatic N) is 4. The third-order valence-electron chi connectivity index (χ3n) is 9.90. The number of amides is 1. The van der Waals surface area contributed by atoms with Crippen LogP contribution in [0.25, 0.3) is 10.4 Å². The highest BCUT2D eigenvalue weighted by atomic mass is 16.6. The Hall–Kier alpha value is -8.59. The molecule has 69 heavy (non-hydrogen) atoms. The smallest absolute Gasteiger partial charge is 0.349 e. The molecular weight excluding hydrogens is 883 g/mol. The van der Waals surface area contributed by atoms with E-state index in [1.54, 1.807) is 115 Å². The Labute approximate surface area is 400 Å². The number of carbonyl (C=O) groups is 5. The van der Waals surface area contributed by atoms with E-state index in [2.05, 4.69) is 25.1 Å². The van der Waals surface area contributed by atoms with Gasteiger partial charge in [-0.15, -0.1) is 0 Å². The highest BCUT2D eigenvalue weighted by molar-refractivity contribution is 5.98. The summed E-state index contributed by atoms with van der Waals surface area (Å²) in [6.07, 6.45) is -3.62. The van der Waals surface area contributed by atoms with Gasteiger partial charge in [0.15, 0.2) is 6.10 Å². The maximum Gasteiger partial charge on any atom is 0.349 e. The van der Waals surface area contributed by atoms with E-state index in [1.165, 1.54) is 21.3 Å². The Kier molecular flexibility index (Phi) is 21.9. The van der Waals surface area contributed by atoms with Gasteiger partial charge in [-0.1, -0.05) is 165 Å². The highest BCUT2D eigenvalue weighted by Crippen LogP contribution is 2.32. The summed E-state index contributed by atoms with van der Waals surface area (Å²) in [7, 11) is 3.71. The lowest BCUT2D eigenvalue weighted by Gasteiger charge is -2.23. The van der Waals surface area contributed by atoms with E-state index in [9.17, 15) is 29.1 Å². The maximum absolute atomic E-state index is 12.3. The molecular formula is C53H53N5O11. The minimum Gasteiger partial charge on any atom is -0.467 e. The molecule has 1 aliphatic rings. The number of azide groups is 1. The predicted molar refractivity (Wildman–Crippen MR) is 258 cm³/mol. The quantitative estimate of drug-likeness (QED) is 0.0345. The van der Waals surface area contributed by atoms with Gasteiger partial charge in [0, 0.05) is 16.0 Å². The molecule has 16 heteroatoms. The highest BCUT2D eigenvalue weighted by Gasteiger charge is 2.39. The van der Waals surface area contributed by atoms with Crippen LogP contribution in [-0.4, -0.2) is 80.4 Å². The fraction of sp³-hybridized carbons (Fsp3) is 0.208. The first kappa shape index (κ1) is 53.0. The molecule has 16 nitrogen and oxygen atoms in total. The number of hydrogen-bond donors (Lipinski definition) is 2. The van der Waals surface area contributed by atoms with E-state index >= 15 is 0 Å². The number of rotatable bonds is 14. The van der Waals surface area contributed by atoms with Gasteiger partial charge >= 0.3 is 23.9 Å². The summed E-state index contributed by atoms with van der Waals surface area (Å²) in [6, 6.07) is 51.0. The molecule has 0 saturated heterocycles. The summed E-state index contributed by atoms with van der Waals surface area (Å²) in [5.74, 6) is -2.64. The summed E-state index contributed by atoms with van der Waals surface area (Å²) >= 11 is 0. The van der Waals surface area contributed by atoms with E-state index in [4.69, 9.17) is 24.5 Å². The molecule has 6 aromatic rings. The van der Waals surface area contributed by atoms with Crippen LogP contribution in [0.3, 0.4) is 0 Å². The Morgan fingerprint density at radius 2 is 1.10 bits per heavy atom. The van der Waals surface area contributed by atoms with E-state index in [0.717, 1.165) is 11.1 Å². The minimum absolute atomic E-state index is 0.277. The fourth-order valence-corrected chi connectivity index (χ4v) is 6.52. The van der Waals surface area contributed by atoms with Crippen molar-refractivity contribution in [3.8, 4) is 0 Å². The lowest BCUT2D eigenvalue weighted by atomic mass is 10.0. The van der Waals surface area contributed by atoms with Gasteiger partial charge in [0.2, 0.25) is 18.1 Å². The average molecular weight is 936 g/mol. The molecule has 6 atom stereocenters. The van der Waals surface area contributed by atoms with Crippen LogP contribution in [0.1, 0.15) is 74.9 Å². The number of aliphatic hydroxyl groups is 1. The molecule has 0 saturated carbocycles. The van der Waals surface area contributed by atoms with E-state index in [-0.39, 0.29) is 17.5 Å². The van der Waals surface area contributed by atoms with Crippen molar-refractivity contribution < 1.29 is 52.8 Å². The molecule has 356 valence electrons. The molecule has 7 rings (SSSR count). The Morgan fingerprint density at radius 3 is 1.59 bits per heavy atom. The van der Waals surface area contributed by atoms with Crippen LogP contribution in [0.4, 0.5) is 0 Å². The molecule has 0 spiro atoms. The molecule has 0 aliphatic carbocycles. The molecule has 1 amide bonds. The second kappa shape index (κ2) is 28.4. The summed E-state index contributed by atoms with van der Waals surface area (Å²) < 4.78 is 25.1. The molecule has 1 aliphatic heterocycles. The number of carbonyl (C=O) groups excluding carboxylic acids is 5. The Bertz CT molecular complexity index is 2600. The van der Waals surface area contributed by atoms with Gasteiger partial charge in [-0.3, -0.25) is 4.79 Å². The first-order valence-electron chi connectivity index (χ1n) is 21.6. The fourth-order valence-electron chi connectivity index (χ4n) is 6.52. The van der Waals surface area contributed by atoms with Crippen molar-refractivity contribution in [2.24, 2.45) is 10.1 Å². The van der Waals surface area contributed by atoms with Crippen molar-refractivity contribution in [3.63, 3.8) is 0 Å². The SMILES string of the molecule is CC.COC(=O)C(O)C(NC(=O)c1ccccc1)c1ccccc1.COC(=O)C(OC(=O)c1ccccc1)C(N=[N+]=[N-])c1ccccc1.COC(=O)C1OC(c2ccccc2)=NC1c1ccccc1. The van der Waals surface area contributed by atoms with Crippen LogP contribution in [-0.2, 0) is 38.1 Å². The van der Waals surface area contributed by atoms with Crippen molar-refractivity contribution in [3.05, 3.63) is 226 Å². The number of aliphatic imine (C=N–C) groups is 1. The van der Waals surface area contributed by atoms with Gasteiger partial charge in [-0.2, -0.15) is 0 Å². The Balaban J connectivity index is 0.000000222. The molecule has 0 bridgehead atoms. The minimum atomic E-state index is -1.49. The number of ether oxygens (including phenoxy) is 5. The number of aliphatic hydroxyl groups excluding tert-OH is 1. The average Bonchev–Trinajstić information content (AvgIpc) is 3.88. The lowest BCUT2D eigenvalue weighted by molar-refractivity contribution is -0.152. The van der Waals surface area contributed by atoms with Crippen LogP contribution >= 0.6 is 0 Å². The van der Waals surface area contributed by atoms with E-state index in [0.29, 0.717) is 22.6 Å². The van der Waals surface area contributed by atoms with E-state index < -0.39 is 54.3 Å². The molecule has 2 N–H and O–H groups in total. The summed E-state index contributed by atoms with van der Waals surface area (Å²) in [5.41, 5.74) is 12.5. The monoisotopic (exact) mass is 935 g/mol. The Morgan fingerprint density at radius 1 is 0.638 bits per heavy atom. The van der Waals surface area contributed by atoms with Gasteiger partial charge in [-0.05, 0) is 58.6 Å². The first-order valence-corrected chi connectivity index (χ1v) is 21.6. The number of nitrogens with one attached hydrogen (secondary N) is 1. The standard InChI is InChI=1S/C17H15N3O4.C17H17NO4.C17H15NO3.C2H6/c1-23-17(22)15(24-16(21)13-10-6-3-7-11-13)14(19-20-18)12-8-4-2-5-9-12;1-22-17(21)15(19)14(12-8-4-2-5-9-12)18-16(20)13-10-6-3-7-11-13;1-20-17(19)15-14(12-8-4-2-5-9-12)18-16(21-15)13-10-6-3-7-11-13;1-2/h2-11,14-15H,1H3;2-11,14-15,19H,1H3,(H,18,20);2-11,14-15H,1H3;1-2H3. The van der Waals surface area contributed by atoms with Crippen LogP contribution in [0.15, 0.2) is 192 Å². The van der Waals surface area contributed by atoms with Crippen molar-refractivity contribution in [1.82, 2.24) is 5.32 Å². The van der Waals surface area contributed by atoms with Gasteiger partial charge in [0.05, 0.1) is 32.9 Å².